The minimum atomic E-state index is -0.304. The fraction of sp³-hybridized carbons (Fsp3) is 0.222. The minimum absolute atomic E-state index is 0.000282. The molecule has 0 aliphatic heterocycles. The molecular weight excluding hydrogens is 351 g/mol. The number of hydrogen-bond acceptors (Lipinski definition) is 6. The largest absolute Gasteiger partial charge is 0.300 e. The van der Waals surface area contributed by atoms with Crippen LogP contribution < -0.4 is 0 Å². The van der Waals surface area contributed by atoms with Crippen LogP contribution >= 0.6 is 11.8 Å². The molecule has 8 heteroatoms. The SMILES string of the molecule is CC(c1nnc(Sc2cccc(C#N)n2)n1-c1ccc(F)cc1)N(C)C. The van der Waals surface area contributed by atoms with Gasteiger partial charge in [0.2, 0.25) is 5.16 Å². The molecule has 26 heavy (non-hydrogen) atoms. The van der Waals surface area contributed by atoms with Gasteiger partial charge in [-0.15, -0.1) is 10.2 Å². The van der Waals surface area contributed by atoms with Gasteiger partial charge in [0.15, 0.2) is 5.82 Å². The summed E-state index contributed by atoms with van der Waals surface area (Å²) < 4.78 is 15.2. The average Bonchev–Trinajstić information content (AvgIpc) is 3.05. The Morgan fingerprint density at radius 1 is 1.15 bits per heavy atom. The highest BCUT2D eigenvalue weighted by molar-refractivity contribution is 7.99. The van der Waals surface area contributed by atoms with Crippen LogP contribution in [0, 0.1) is 17.1 Å². The lowest BCUT2D eigenvalue weighted by atomic mass is 10.2. The van der Waals surface area contributed by atoms with Gasteiger partial charge in [-0.25, -0.2) is 9.37 Å². The maximum absolute atomic E-state index is 13.4. The summed E-state index contributed by atoms with van der Waals surface area (Å²) >= 11 is 1.31. The van der Waals surface area contributed by atoms with Crippen LogP contribution in [0.4, 0.5) is 4.39 Å². The molecule has 3 rings (SSSR count). The van der Waals surface area contributed by atoms with Crippen LogP contribution in [0.5, 0.6) is 0 Å². The number of halogens is 1. The Kier molecular flexibility index (Phi) is 5.30. The van der Waals surface area contributed by atoms with Crippen molar-refractivity contribution >= 4 is 11.8 Å². The van der Waals surface area contributed by atoms with Crippen LogP contribution in [0.15, 0.2) is 52.6 Å². The van der Waals surface area contributed by atoms with Gasteiger partial charge < -0.3 is 0 Å². The van der Waals surface area contributed by atoms with E-state index in [-0.39, 0.29) is 11.9 Å². The van der Waals surface area contributed by atoms with Crippen LogP contribution in [-0.2, 0) is 0 Å². The van der Waals surface area contributed by atoms with Crippen molar-refractivity contribution in [1.82, 2.24) is 24.6 Å². The molecule has 0 aliphatic carbocycles. The van der Waals surface area contributed by atoms with Gasteiger partial charge in [-0.2, -0.15) is 5.26 Å². The smallest absolute Gasteiger partial charge is 0.202 e. The lowest BCUT2D eigenvalue weighted by Gasteiger charge is -2.20. The molecule has 0 N–H and O–H groups in total. The molecule has 0 bridgehead atoms. The van der Waals surface area contributed by atoms with Crippen molar-refractivity contribution in [2.75, 3.05) is 14.1 Å². The Hall–Kier alpha value is -2.76. The molecule has 2 aromatic heterocycles. The highest BCUT2D eigenvalue weighted by Gasteiger charge is 2.21. The summed E-state index contributed by atoms with van der Waals surface area (Å²) in [5, 5.41) is 18.9. The maximum Gasteiger partial charge on any atom is 0.202 e. The van der Waals surface area contributed by atoms with E-state index in [1.54, 1.807) is 24.3 Å². The van der Waals surface area contributed by atoms with E-state index in [9.17, 15) is 4.39 Å². The zero-order chi connectivity index (χ0) is 18.7. The lowest BCUT2D eigenvalue weighted by Crippen LogP contribution is -2.20. The molecule has 0 saturated carbocycles. The van der Waals surface area contributed by atoms with E-state index < -0.39 is 0 Å². The van der Waals surface area contributed by atoms with Crippen molar-refractivity contribution < 1.29 is 4.39 Å². The van der Waals surface area contributed by atoms with Crippen LogP contribution in [0.3, 0.4) is 0 Å². The number of nitrogens with zero attached hydrogens (tertiary/aromatic N) is 6. The third kappa shape index (κ3) is 3.74. The van der Waals surface area contributed by atoms with Crippen LogP contribution in [0.25, 0.3) is 5.69 Å². The second-order valence-electron chi connectivity index (χ2n) is 5.87. The normalized spacial score (nSPS) is 12.2. The molecule has 3 aromatic rings. The molecule has 1 atom stereocenters. The van der Waals surface area contributed by atoms with Gasteiger partial charge >= 0.3 is 0 Å². The molecule has 1 aromatic carbocycles. The van der Waals surface area contributed by atoms with Gasteiger partial charge in [-0.3, -0.25) is 9.47 Å². The fourth-order valence-corrected chi connectivity index (χ4v) is 3.16. The van der Waals surface area contributed by atoms with Gasteiger partial charge in [0.05, 0.1) is 6.04 Å². The summed E-state index contributed by atoms with van der Waals surface area (Å²) in [6, 6.07) is 13.4. The van der Waals surface area contributed by atoms with Crippen LogP contribution in [-0.4, -0.2) is 38.7 Å². The summed E-state index contributed by atoms with van der Waals surface area (Å²) in [6.45, 7) is 2.02. The Labute approximate surface area is 155 Å². The molecule has 0 radical (unpaired) electrons. The highest BCUT2D eigenvalue weighted by atomic mass is 32.2. The molecule has 132 valence electrons. The monoisotopic (exact) mass is 368 g/mol. The van der Waals surface area contributed by atoms with Crippen molar-refractivity contribution in [3.8, 4) is 11.8 Å². The van der Waals surface area contributed by atoms with Crippen LogP contribution in [0.2, 0.25) is 0 Å². The second kappa shape index (κ2) is 7.64. The topological polar surface area (TPSA) is 70.6 Å². The van der Waals surface area contributed by atoms with Gasteiger partial charge in [-0.05, 0) is 69.2 Å². The molecule has 0 saturated heterocycles. The van der Waals surface area contributed by atoms with E-state index in [1.165, 1.54) is 23.9 Å². The Balaban J connectivity index is 2.07. The zero-order valence-electron chi connectivity index (χ0n) is 14.6. The Morgan fingerprint density at radius 3 is 2.54 bits per heavy atom. The lowest BCUT2D eigenvalue weighted by molar-refractivity contribution is 0.305. The summed E-state index contributed by atoms with van der Waals surface area (Å²) in [6.07, 6.45) is 0. The molecule has 0 aliphatic rings. The highest BCUT2D eigenvalue weighted by Crippen LogP contribution is 2.30. The fourth-order valence-electron chi connectivity index (χ4n) is 2.31. The molecule has 0 fully saturated rings. The number of benzene rings is 1. The number of aromatic nitrogens is 4. The first-order valence-corrected chi connectivity index (χ1v) is 8.74. The molecule has 1 unspecified atom stereocenters. The molecular formula is C18H17FN6S. The van der Waals surface area contributed by atoms with E-state index in [0.717, 1.165) is 11.5 Å². The predicted octanol–water partition coefficient (Wildman–Crippen LogP) is 3.45. The zero-order valence-corrected chi connectivity index (χ0v) is 15.4. The van der Waals surface area contributed by atoms with Crippen molar-refractivity contribution in [3.05, 3.63) is 59.8 Å². The molecule has 2 heterocycles. The van der Waals surface area contributed by atoms with Crippen LogP contribution in [0.1, 0.15) is 24.5 Å². The first-order chi connectivity index (χ1) is 12.5. The minimum Gasteiger partial charge on any atom is -0.300 e. The summed E-state index contributed by atoms with van der Waals surface area (Å²) in [4.78, 5) is 6.30. The average molecular weight is 368 g/mol. The van der Waals surface area contributed by atoms with E-state index in [0.29, 0.717) is 15.9 Å². The van der Waals surface area contributed by atoms with E-state index in [1.807, 2.05) is 42.6 Å². The quantitative estimate of drug-likeness (QED) is 0.687. The Bertz CT molecular complexity index is 945. The predicted molar refractivity (Wildman–Crippen MR) is 96.5 cm³/mol. The molecule has 0 amide bonds. The summed E-state index contributed by atoms with van der Waals surface area (Å²) in [5.74, 6) is 0.433. The number of rotatable bonds is 5. The second-order valence-corrected chi connectivity index (χ2v) is 6.85. The van der Waals surface area contributed by atoms with Crippen molar-refractivity contribution in [2.45, 2.75) is 23.1 Å². The maximum atomic E-state index is 13.4. The van der Waals surface area contributed by atoms with E-state index in [2.05, 4.69) is 15.2 Å². The van der Waals surface area contributed by atoms with Gasteiger partial charge in [0.1, 0.15) is 22.6 Å². The standard InChI is InChI=1S/C18H17FN6S/c1-12(24(2)3)17-22-23-18(25(17)15-9-7-13(19)8-10-15)26-16-6-4-5-14(11-20)21-16/h4-10,12H,1-3H3. The third-order valence-electron chi connectivity index (χ3n) is 3.93. The van der Waals surface area contributed by atoms with Crippen molar-refractivity contribution in [1.29, 1.82) is 5.26 Å². The number of pyridine rings is 1. The van der Waals surface area contributed by atoms with E-state index in [4.69, 9.17) is 5.26 Å². The molecule has 6 nitrogen and oxygen atoms in total. The first kappa shape index (κ1) is 18.0. The number of hydrogen-bond donors (Lipinski definition) is 0. The van der Waals surface area contributed by atoms with Gasteiger partial charge in [0.25, 0.3) is 0 Å². The third-order valence-corrected chi connectivity index (χ3v) is 4.81. The van der Waals surface area contributed by atoms with Gasteiger partial charge in [-0.1, -0.05) is 6.07 Å². The van der Waals surface area contributed by atoms with Crippen molar-refractivity contribution in [2.24, 2.45) is 0 Å². The van der Waals surface area contributed by atoms with Gasteiger partial charge in [0, 0.05) is 5.69 Å². The first-order valence-electron chi connectivity index (χ1n) is 7.92. The molecule has 0 spiro atoms. The van der Waals surface area contributed by atoms with Crippen molar-refractivity contribution in [3.63, 3.8) is 0 Å². The number of nitriles is 1. The summed E-state index contributed by atoms with van der Waals surface area (Å²) in [5.41, 5.74) is 1.10. The Morgan fingerprint density at radius 2 is 1.88 bits per heavy atom. The van der Waals surface area contributed by atoms with E-state index >= 15 is 0 Å². The summed E-state index contributed by atoms with van der Waals surface area (Å²) in [7, 11) is 3.91.